The van der Waals surface area contributed by atoms with Crippen molar-refractivity contribution in [2.24, 2.45) is 5.92 Å². The van der Waals surface area contributed by atoms with Crippen LogP contribution in [0.2, 0.25) is 5.02 Å². The highest BCUT2D eigenvalue weighted by molar-refractivity contribution is 7.81. The Labute approximate surface area is 352 Å². The first-order valence-corrected chi connectivity index (χ1v) is 20.3. The van der Waals surface area contributed by atoms with E-state index in [0.29, 0.717) is 55.4 Å². The smallest absolute Gasteiger partial charge is 0.417 e. The number of hydrogen-bond acceptors (Lipinski definition) is 9. The minimum atomic E-state index is -4.80. The number of nitrogens with one attached hydrogen (secondary N) is 1. The molecule has 3 heterocycles. The van der Waals surface area contributed by atoms with E-state index in [-0.39, 0.29) is 46.7 Å². The molecule has 0 radical (unpaired) electrons. The minimum absolute atomic E-state index is 0.0164. The summed E-state index contributed by atoms with van der Waals surface area (Å²) >= 11 is 12.1. The molecule has 3 aliphatic rings. The van der Waals surface area contributed by atoms with Crippen LogP contribution in [0.4, 0.5) is 24.5 Å². The molecule has 3 amide bonds. The fourth-order valence-corrected chi connectivity index (χ4v) is 8.66. The van der Waals surface area contributed by atoms with Crippen LogP contribution in [0.5, 0.6) is 5.75 Å². The van der Waals surface area contributed by atoms with Gasteiger partial charge in [0, 0.05) is 62.2 Å². The number of ketones is 1. The second-order valence-electron chi connectivity index (χ2n) is 16.0. The molecular formula is C43H46ClF3N6O5S. The number of piperidine rings is 1. The number of carbonyl (C=O) groups is 4. The molecular weight excluding hydrogens is 805 g/mol. The number of nitrogens with zero attached hydrogens (tertiary/aromatic N) is 5. The summed E-state index contributed by atoms with van der Waals surface area (Å²) in [5.41, 5.74) is 0.119. The van der Waals surface area contributed by atoms with E-state index < -0.39 is 28.7 Å². The first kappa shape index (κ1) is 43.7. The number of benzene rings is 3. The highest BCUT2D eigenvalue weighted by Gasteiger charge is 2.51. The molecule has 16 heteroatoms. The van der Waals surface area contributed by atoms with Gasteiger partial charge < -0.3 is 9.64 Å². The number of rotatable bonds is 13. The molecule has 11 nitrogen and oxygen atoms in total. The second-order valence-corrected chi connectivity index (χ2v) is 16.8. The molecule has 6 rings (SSSR count). The lowest BCUT2D eigenvalue weighted by atomic mass is 9.90. The number of hydrogen-bond donors (Lipinski definition) is 1. The van der Waals surface area contributed by atoms with Crippen LogP contribution in [0.25, 0.3) is 0 Å². The Morgan fingerprint density at radius 3 is 2.34 bits per heavy atom. The maximum atomic E-state index is 13.8. The van der Waals surface area contributed by atoms with E-state index in [4.69, 9.17) is 28.6 Å². The van der Waals surface area contributed by atoms with Crippen LogP contribution < -0.4 is 19.9 Å². The maximum Gasteiger partial charge on any atom is 0.417 e. The number of imide groups is 1. The average Bonchev–Trinajstić information content (AvgIpc) is 3.34. The number of halogens is 4. The third-order valence-electron chi connectivity index (χ3n) is 11.0. The standard InChI is InChI=1S/C43H46ClF3N6O5S/c1-26(2)35-22-33(53-41(59)52(40(57)42(53,3)4)32-7-5-30(24-48)36(23-32)43(45,46)47)8-9-37(35)58-16-15-50-11-13-51(14-12-50)25-34(54)21-28-17-27(19-31(44)20-28)18-29-6-10-38(55)49-39(29)56/h5,7-9,17,19-20,22-23,26,29H,6,10-16,18,21,25H2,1-4H3,(H,49,55,56). The summed E-state index contributed by atoms with van der Waals surface area (Å²) in [4.78, 5) is 57.8. The molecule has 0 spiro atoms. The zero-order valence-corrected chi connectivity index (χ0v) is 34.9. The van der Waals surface area contributed by atoms with Crippen LogP contribution in [0.15, 0.2) is 54.6 Å². The van der Waals surface area contributed by atoms with Crippen molar-refractivity contribution in [1.29, 1.82) is 5.26 Å². The van der Waals surface area contributed by atoms with E-state index in [1.165, 1.54) is 6.07 Å². The zero-order chi connectivity index (χ0) is 42.8. The van der Waals surface area contributed by atoms with Gasteiger partial charge in [-0.25, -0.2) is 0 Å². The number of carbonyl (C=O) groups excluding carboxylic acids is 4. The Bertz CT molecular complexity index is 2200. The van der Waals surface area contributed by atoms with Gasteiger partial charge in [0.25, 0.3) is 5.91 Å². The normalized spacial score (nSPS) is 19.0. The minimum Gasteiger partial charge on any atom is -0.492 e. The van der Waals surface area contributed by atoms with Gasteiger partial charge in [0.15, 0.2) is 10.9 Å². The monoisotopic (exact) mass is 850 g/mol. The lowest BCUT2D eigenvalue weighted by Crippen LogP contribution is -2.48. The van der Waals surface area contributed by atoms with Crippen LogP contribution in [0.1, 0.15) is 74.3 Å². The van der Waals surface area contributed by atoms with Crippen molar-refractivity contribution in [3.63, 3.8) is 0 Å². The highest BCUT2D eigenvalue weighted by atomic mass is 35.5. The van der Waals surface area contributed by atoms with E-state index in [9.17, 15) is 37.6 Å². The van der Waals surface area contributed by atoms with Crippen LogP contribution >= 0.6 is 23.8 Å². The fraction of sp³-hybridized carbons (Fsp3) is 0.442. The van der Waals surface area contributed by atoms with E-state index in [1.807, 2.05) is 32.0 Å². The topological polar surface area (TPSA) is 126 Å². The molecule has 59 heavy (non-hydrogen) atoms. The predicted octanol–water partition coefficient (Wildman–Crippen LogP) is 6.67. The molecule has 0 aromatic heterocycles. The molecule has 1 atom stereocenters. The third kappa shape index (κ3) is 9.95. The first-order valence-electron chi connectivity index (χ1n) is 19.5. The Hall–Kier alpha value is -4.88. The number of anilines is 2. The van der Waals surface area contributed by atoms with Crippen LogP contribution in [0.3, 0.4) is 0 Å². The number of nitriles is 1. The summed E-state index contributed by atoms with van der Waals surface area (Å²) in [7, 11) is 0. The number of ether oxygens (including phenoxy) is 1. The van der Waals surface area contributed by atoms with Gasteiger partial charge in [-0.05, 0) is 110 Å². The van der Waals surface area contributed by atoms with Crippen molar-refractivity contribution in [1.82, 2.24) is 15.1 Å². The molecule has 0 bridgehead atoms. The number of alkyl halides is 3. The summed E-state index contributed by atoms with van der Waals surface area (Å²) in [6.07, 6.45) is -3.33. The second kappa shape index (κ2) is 17.8. The lowest BCUT2D eigenvalue weighted by Gasteiger charge is -2.34. The molecule has 3 fully saturated rings. The van der Waals surface area contributed by atoms with Crippen molar-refractivity contribution >= 4 is 63.8 Å². The molecule has 312 valence electrons. The maximum absolute atomic E-state index is 13.8. The van der Waals surface area contributed by atoms with Crippen molar-refractivity contribution in [2.45, 2.75) is 71.0 Å². The average molecular weight is 851 g/mol. The third-order valence-corrected chi connectivity index (χ3v) is 11.6. The SMILES string of the molecule is CC(C)c1cc(N2C(=S)N(c3ccc(C#N)c(C(F)(F)F)c3)C(=O)C2(C)C)ccc1OCCN1CCN(CC(=O)Cc2cc(Cl)cc(CC3CCC(=O)NC3=O)c2)CC1. The largest absolute Gasteiger partial charge is 0.492 e. The molecule has 3 saturated heterocycles. The van der Waals surface area contributed by atoms with Gasteiger partial charge in [-0.15, -0.1) is 0 Å². The van der Waals surface area contributed by atoms with E-state index in [2.05, 4.69) is 15.1 Å². The van der Waals surface area contributed by atoms with Crippen LogP contribution in [-0.4, -0.2) is 89.8 Å². The molecule has 3 aromatic rings. The highest BCUT2D eigenvalue weighted by Crippen LogP contribution is 2.41. The zero-order valence-electron chi connectivity index (χ0n) is 33.3. The van der Waals surface area contributed by atoms with Crippen molar-refractivity contribution < 1.29 is 37.1 Å². The summed E-state index contributed by atoms with van der Waals surface area (Å²) in [5.74, 6) is -0.588. The van der Waals surface area contributed by atoms with E-state index >= 15 is 0 Å². The predicted molar refractivity (Wildman–Crippen MR) is 221 cm³/mol. The van der Waals surface area contributed by atoms with Gasteiger partial charge in [-0.1, -0.05) is 31.5 Å². The molecule has 0 aliphatic carbocycles. The fourth-order valence-electron chi connectivity index (χ4n) is 7.86. The van der Waals surface area contributed by atoms with E-state index in [0.717, 1.165) is 59.9 Å². The number of thiocarbonyl (C=S) groups is 1. The van der Waals surface area contributed by atoms with Gasteiger partial charge in [0.05, 0.1) is 29.4 Å². The Morgan fingerprint density at radius 1 is 1.00 bits per heavy atom. The molecule has 1 unspecified atom stereocenters. The summed E-state index contributed by atoms with van der Waals surface area (Å²) in [6, 6.07) is 15.7. The summed E-state index contributed by atoms with van der Waals surface area (Å²) in [6.45, 7) is 11.7. The van der Waals surface area contributed by atoms with Gasteiger partial charge in [0.1, 0.15) is 17.9 Å². The van der Waals surface area contributed by atoms with Gasteiger partial charge in [0.2, 0.25) is 11.8 Å². The molecule has 3 aliphatic heterocycles. The number of amides is 3. The van der Waals surface area contributed by atoms with Crippen molar-refractivity contribution in [3.8, 4) is 11.8 Å². The number of Topliss-reactive ketones (excluding diaryl/α,β-unsaturated/α-hetero) is 1. The summed E-state index contributed by atoms with van der Waals surface area (Å²) < 4.78 is 47.7. The molecule has 1 N–H and O–H groups in total. The first-order chi connectivity index (χ1) is 27.8. The Balaban J connectivity index is 1.02. The summed E-state index contributed by atoms with van der Waals surface area (Å²) in [5, 5.41) is 12.2. The van der Waals surface area contributed by atoms with Gasteiger partial charge in [-0.3, -0.25) is 39.2 Å². The number of piperazine rings is 1. The Morgan fingerprint density at radius 2 is 1.68 bits per heavy atom. The van der Waals surface area contributed by atoms with Crippen LogP contribution in [-0.2, 0) is 38.2 Å². The molecule has 0 saturated carbocycles. The van der Waals surface area contributed by atoms with E-state index in [1.54, 1.807) is 43.0 Å². The van der Waals surface area contributed by atoms with Crippen LogP contribution in [0, 0.1) is 17.2 Å². The van der Waals surface area contributed by atoms with Gasteiger partial charge >= 0.3 is 6.18 Å². The Kier molecular flexibility index (Phi) is 13.2. The quantitative estimate of drug-likeness (QED) is 0.147. The van der Waals surface area contributed by atoms with Gasteiger partial charge in [-0.2, -0.15) is 18.4 Å². The molecule has 3 aromatic carbocycles. The van der Waals surface area contributed by atoms with Crippen molar-refractivity contribution in [3.05, 3.63) is 87.4 Å². The lowest BCUT2D eigenvalue weighted by molar-refractivity contribution is -0.138. The van der Waals surface area contributed by atoms with Crippen molar-refractivity contribution in [2.75, 3.05) is 55.7 Å².